The van der Waals surface area contributed by atoms with Crippen LogP contribution in [0.5, 0.6) is 0 Å². The summed E-state index contributed by atoms with van der Waals surface area (Å²) < 4.78 is 0. The highest BCUT2D eigenvalue weighted by Crippen LogP contribution is 2.27. The quantitative estimate of drug-likeness (QED) is 0.827. The number of aromatic nitrogens is 1. The maximum atomic E-state index is 11.2. The number of carbonyl (C=O) groups is 1. The third-order valence-electron chi connectivity index (χ3n) is 5.72. The van der Waals surface area contributed by atoms with Crippen LogP contribution in [0.15, 0.2) is 42.6 Å². The van der Waals surface area contributed by atoms with Crippen molar-refractivity contribution in [1.82, 2.24) is 9.88 Å². The van der Waals surface area contributed by atoms with E-state index in [1.165, 1.54) is 19.3 Å². The summed E-state index contributed by atoms with van der Waals surface area (Å²) in [6, 6.07) is 13.4. The van der Waals surface area contributed by atoms with E-state index in [4.69, 9.17) is 4.98 Å². The Morgan fingerprint density at radius 1 is 1.00 bits per heavy atom. The second-order valence-corrected chi connectivity index (χ2v) is 7.59. The summed E-state index contributed by atoms with van der Waals surface area (Å²) in [7, 11) is 0. The van der Waals surface area contributed by atoms with Crippen LogP contribution < -0.4 is 4.90 Å². The number of Topliss-reactive ketones (excluding diaryl/α,β-unsaturated/α-hetero) is 1. The molecule has 0 spiro atoms. The smallest absolute Gasteiger partial charge is 0.134 e. The second-order valence-electron chi connectivity index (χ2n) is 7.59. The van der Waals surface area contributed by atoms with Crippen molar-refractivity contribution >= 4 is 11.6 Å². The Morgan fingerprint density at radius 3 is 2.23 bits per heavy atom. The van der Waals surface area contributed by atoms with Gasteiger partial charge in [0.1, 0.15) is 11.6 Å². The highest BCUT2D eigenvalue weighted by Gasteiger charge is 2.28. The first-order valence-corrected chi connectivity index (χ1v) is 9.73. The third-order valence-corrected chi connectivity index (χ3v) is 5.72. The van der Waals surface area contributed by atoms with Crippen molar-refractivity contribution in [3.8, 4) is 11.1 Å². The van der Waals surface area contributed by atoms with Gasteiger partial charge in [0.15, 0.2) is 0 Å². The molecule has 2 heterocycles. The molecular weight excluding hydrogens is 322 g/mol. The lowest BCUT2D eigenvalue weighted by atomic mass is 9.91. The standard InChI is InChI=1S/C22H27N3O/c1-17(26)15-18-5-7-19(8-6-18)20-9-10-22(23-16-20)25-13-11-24(12-14-25)21-3-2-4-21/h5-10,16,21H,2-4,11-15H2,1H3. The number of hydrogen-bond donors (Lipinski definition) is 0. The van der Waals surface area contributed by atoms with E-state index in [0.717, 1.165) is 54.7 Å². The molecule has 4 rings (SSSR count). The SMILES string of the molecule is CC(=O)Cc1ccc(-c2ccc(N3CCN(C4CCC4)CC3)nc2)cc1. The molecule has 0 amide bonds. The minimum absolute atomic E-state index is 0.196. The molecule has 0 bridgehead atoms. The molecule has 26 heavy (non-hydrogen) atoms. The molecule has 0 N–H and O–H groups in total. The molecule has 1 aromatic heterocycles. The molecule has 4 heteroatoms. The van der Waals surface area contributed by atoms with Crippen molar-refractivity contribution in [2.45, 2.75) is 38.6 Å². The zero-order chi connectivity index (χ0) is 17.9. The topological polar surface area (TPSA) is 36.4 Å². The van der Waals surface area contributed by atoms with Crippen molar-refractivity contribution in [3.05, 3.63) is 48.2 Å². The van der Waals surface area contributed by atoms with Crippen LogP contribution in [0.2, 0.25) is 0 Å². The van der Waals surface area contributed by atoms with Gasteiger partial charge in [0.2, 0.25) is 0 Å². The monoisotopic (exact) mass is 349 g/mol. The molecule has 2 aliphatic rings. The molecule has 1 aromatic carbocycles. The van der Waals surface area contributed by atoms with Gasteiger partial charge in [0, 0.05) is 50.4 Å². The van der Waals surface area contributed by atoms with Crippen molar-refractivity contribution < 1.29 is 4.79 Å². The third kappa shape index (κ3) is 3.80. The lowest BCUT2D eigenvalue weighted by molar-refractivity contribution is -0.116. The number of ketones is 1. The number of piperazine rings is 1. The number of benzene rings is 1. The van der Waals surface area contributed by atoms with Crippen LogP contribution in [-0.2, 0) is 11.2 Å². The Morgan fingerprint density at radius 2 is 1.69 bits per heavy atom. The summed E-state index contributed by atoms with van der Waals surface area (Å²) in [6.07, 6.45) is 6.65. The summed E-state index contributed by atoms with van der Waals surface area (Å²) in [4.78, 5) is 21.0. The average Bonchev–Trinajstić information content (AvgIpc) is 2.61. The van der Waals surface area contributed by atoms with Gasteiger partial charge >= 0.3 is 0 Å². The Balaban J connectivity index is 1.38. The molecule has 0 unspecified atom stereocenters. The minimum Gasteiger partial charge on any atom is -0.354 e. The highest BCUT2D eigenvalue weighted by atomic mass is 16.1. The van der Waals surface area contributed by atoms with E-state index >= 15 is 0 Å². The number of pyridine rings is 1. The summed E-state index contributed by atoms with van der Waals surface area (Å²) in [6.45, 7) is 6.09. The van der Waals surface area contributed by atoms with E-state index in [1.54, 1.807) is 6.92 Å². The van der Waals surface area contributed by atoms with Gasteiger partial charge in [-0.15, -0.1) is 0 Å². The van der Waals surface area contributed by atoms with E-state index in [-0.39, 0.29) is 5.78 Å². The van der Waals surface area contributed by atoms with Crippen LogP contribution in [-0.4, -0.2) is 47.9 Å². The Labute approximate surface area is 155 Å². The molecule has 4 nitrogen and oxygen atoms in total. The van der Waals surface area contributed by atoms with E-state index in [9.17, 15) is 4.79 Å². The molecular formula is C22H27N3O. The molecule has 136 valence electrons. The first kappa shape index (κ1) is 17.2. The molecule has 2 fully saturated rings. The largest absolute Gasteiger partial charge is 0.354 e. The Bertz CT molecular complexity index is 742. The first-order valence-electron chi connectivity index (χ1n) is 9.73. The summed E-state index contributed by atoms with van der Waals surface area (Å²) in [5, 5.41) is 0. The maximum absolute atomic E-state index is 11.2. The van der Waals surface area contributed by atoms with Crippen LogP contribution in [0.25, 0.3) is 11.1 Å². The Kier molecular flexibility index (Phi) is 5.02. The minimum atomic E-state index is 0.196. The highest BCUT2D eigenvalue weighted by molar-refractivity contribution is 5.78. The van der Waals surface area contributed by atoms with E-state index in [2.05, 4.69) is 34.1 Å². The Hall–Kier alpha value is -2.20. The molecule has 1 saturated carbocycles. The van der Waals surface area contributed by atoms with Gasteiger partial charge in [-0.1, -0.05) is 30.7 Å². The number of nitrogens with zero attached hydrogens (tertiary/aromatic N) is 3. The predicted molar refractivity (Wildman–Crippen MR) is 105 cm³/mol. The average molecular weight is 349 g/mol. The number of hydrogen-bond acceptors (Lipinski definition) is 4. The molecule has 1 aliphatic heterocycles. The number of carbonyl (C=O) groups excluding carboxylic acids is 1. The van der Waals surface area contributed by atoms with E-state index in [0.29, 0.717) is 6.42 Å². The molecule has 0 atom stereocenters. The van der Waals surface area contributed by atoms with E-state index in [1.807, 2.05) is 18.3 Å². The van der Waals surface area contributed by atoms with Crippen molar-refractivity contribution in [1.29, 1.82) is 0 Å². The van der Waals surface area contributed by atoms with Crippen LogP contribution in [0.4, 0.5) is 5.82 Å². The van der Waals surface area contributed by atoms with Crippen molar-refractivity contribution in [3.63, 3.8) is 0 Å². The second kappa shape index (κ2) is 7.58. The van der Waals surface area contributed by atoms with E-state index < -0.39 is 0 Å². The van der Waals surface area contributed by atoms with Crippen LogP contribution >= 0.6 is 0 Å². The number of rotatable bonds is 5. The van der Waals surface area contributed by atoms with Gasteiger partial charge in [-0.25, -0.2) is 4.98 Å². The fourth-order valence-electron chi connectivity index (χ4n) is 3.91. The number of anilines is 1. The summed E-state index contributed by atoms with van der Waals surface area (Å²) in [5.41, 5.74) is 3.33. The van der Waals surface area contributed by atoms with Crippen LogP contribution in [0, 0.1) is 0 Å². The zero-order valence-corrected chi connectivity index (χ0v) is 15.5. The summed E-state index contributed by atoms with van der Waals surface area (Å²) >= 11 is 0. The van der Waals surface area contributed by atoms with Crippen molar-refractivity contribution in [2.24, 2.45) is 0 Å². The van der Waals surface area contributed by atoms with Gasteiger partial charge < -0.3 is 4.90 Å². The zero-order valence-electron chi connectivity index (χ0n) is 15.5. The van der Waals surface area contributed by atoms with Gasteiger partial charge in [-0.05, 0) is 43.0 Å². The summed E-state index contributed by atoms with van der Waals surface area (Å²) in [5.74, 6) is 1.27. The van der Waals surface area contributed by atoms with Gasteiger partial charge in [0.25, 0.3) is 0 Å². The molecule has 1 saturated heterocycles. The predicted octanol–water partition coefficient (Wildman–Crippen LogP) is 3.55. The van der Waals surface area contributed by atoms with Crippen LogP contribution in [0.3, 0.4) is 0 Å². The lowest BCUT2D eigenvalue weighted by Crippen LogP contribution is -2.52. The van der Waals surface area contributed by atoms with Gasteiger partial charge in [-0.3, -0.25) is 9.69 Å². The normalized spacial score (nSPS) is 18.6. The fourth-order valence-corrected chi connectivity index (χ4v) is 3.91. The molecule has 1 aliphatic carbocycles. The van der Waals surface area contributed by atoms with Crippen molar-refractivity contribution in [2.75, 3.05) is 31.1 Å². The molecule has 2 aromatic rings. The van der Waals surface area contributed by atoms with Crippen LogP contribution in [0.1, 0.15) is 31.7 Å². The molecule has 0 radical (unpaired) electrons. The fraction of sp³-hybridized carbons (Fsp3) is 0.455. The first-order chi connectivity index (χ1) is 12.7. The lowest BCUT2D eigenvalue weighted by Gasteiger charge is -2.43. The van der Waals surface area contributed by atoms with Gasteiger partial charge in [0.05, 0.1) is 0 Å². The maximum Gasteiger partial charge on any atom is 0.134 e. The van der Waals surface area contributed by atoms with Gasteiger partial charge in [-0.2, -0.15) is 0 Å².